The van der Waals surface area contributed by atoms with Crippen LogP contribution in [0.25, 0.3) is 0 Å². The van der Waals surface area contributed by atoms with E-state index >= 15 is 0 Å². The maximum absolute atomic E-state index is 11.6. The Morgan fingerprint density at radius 2 is 2.35 bits per heavy atom. The molecule has 0 aromatic heterocycles. The van der Waals surface area contributed by atoms with Gasteiger partial charge in [0.1, 0.15) is 0 Å². The number of hydrogen-bond donors (Lipinski definition) is 3. The second-order valence-electron chi connectivity index (χ2n) is 3.90. The second kappa shape index (κ2) is 5.37. The average molecular weight is 300 g/mol. The van der Waals surface area contributed by atoms with Gasteiger partial charge in [-0.15, -0.1) is 0 Å². The van der Waals surface area contributed by atoms with Gasteiger partial charge in [0.2, 0.25) is 0 Å². The molecule has 1 aromatic carbocycles. The standard InChI is InChI=1S/C11H14BrN3O2/c12-9-5-7(1-2-10(9)13)14-11(16)15-8-3-4-17-6-8/h1-2,5,8H,3-4,6,13H2,(H2,14,15,16). The molecule has 0 bridgehead atoms. The van der Waals surface area contributed by atoms with Gasteiger partial charge < -0.3 is 21.1 Å². The van der Waals surface area contributed by atoms with Crippen LogP contribution in [-0.4, -0.2) is 25.3 Å². The summed E-state index contributed by atoms with van der Waals surface area (Å²) in [7, 11) is 0. The Bertz CT molecular complexity index is 419. The van der Waals surface area contributed by atoms with Crippen LogP contribution in [0.4, 0.5) is 16.2 Å². The van der Waals surface area contributed by atoms with Crippen molar-refractivity contribution in [3.05, 3.63) is 22.7 Å². The average Bonchev–Trinajstić information content (AvgIpc) is 2.76. The molecule has 0 spiro atoms. The van der Waals surface area contributed by atoms with Gasteiger partial charge in [-0.2, -0.15) is 0 Å². The zero-order chi connectivity index (χ0) is 12.3. The Labute approximate surface area is 108 Å². The van der Waals surface area contributed by atoms with Gasteiger partial charge in [0.05, 0.1) is 12.6 Å². The number of rotatable bonds is 2. The lowest BCUT2D eigenvalue weighted by atomic mass is 10.2. The van der Waals surface area contributed by atoms with Gasteiger partial charge in [-0.25, -0.2) is 4.79 Å². The van der Waals surface area contributed by atoms with Gasteiger partial charge >= 0.3 is 6.03 Å². The van der Waals surface area contributed by atoms with Crippen molar-refractivity contribution in [2.24, 2.45) is 0 Å². The van der Waals surface area contributed by atoms with Gasteiger partial charge in [-0.3, -0.25) is 0 Å². The number of urea groups is 1. The highest BCUT2D eigenvalue weighted by atomic mass is 79.9. The number of carbonyl (C=O) groups excluding carboxylic acids is 1. The van der Waals surface area contributed by atoms with E-state index in [1.807, 2.05) is 0 Å². The van der Waals surface area contributed by atoms with Gasteiger partial charge in [0.25, 0.3) is 0 Å². The van der Waals surface area contributed by atoms with Crippen molar-refractivity contribution >= 4 is 33.3 Å². The molecular formula is C11H14BrN3O2. The predicted molar refractivity (Wildman–Crippen MR) is 69.9 cm³/mol. The molecule has 1 fully saturated rings. The molecular weight excluding hydrogens is 286 g/mol. The summed E-state index contributed by atoms with van der Waals surface area (Å²) in [5.41, 5.74) is 7.00. The van der Waals surface area contributed by atoms with Crippen LogP contribution in [0.3, 0.4) is 0 Å². The molecule has 1 atom stereocenters. The third kappa shape index (κ3) is 3.34. The number of halogens is 1. The van der Waals surface area contributed by atoms with Crippen molar-refractivity contribution in [1.29, 1.82) is 0 Å². The number of nitrogens with two attached hydrogens (primary N) is 1. The molecule has 92 valence electrons. The first-order valence-corrected chi connectivity index (χ1v) is 6.15. The Balaban J connectivity index is 1.90. The van der Waals surface area contributed by atoms with Crippen molar-refractivity contribution in [3.8, 4) is 0 Å². The van der Waals surface area contributed by atoms with E-state index in [1.165, 1.54) is 0 Å². The molecule has 1 aliphatic rings. The lowest BCUT2D eigenvalue weighted by Gasteiger charge is -2.12. The van der Waals surface area contributed by atoms with Crippen molar-refractivity contribution in [2.45, 2.75) is 12.5 Å². The van der Waals surface area contributed by atoms with E-state index in [2.05, 4.69) is 26.6 Å². The molecule has 1 saturated heterocycles. The number of carbonyl (C=O) groups is 1. The number of amides is 2. The van der Waals surface area contributed by atoms with Crippen molar-refractivity contribution in [1.82, 2.24) is 5.32 Å². The Kier molecular flexibility index (Phi) is 3.86. The van der Waals surface area contributed by atoms with E-state index in [0.717, 1.165) is 10.9 Å². The smallest absolute Gasteiger partial charge is 0.319 e. The summed E-state index contributed by atoms with van der Waals surface area (Å²) >= 11 is 3.31. The molecule has 1 aliphatic heterocycles. The van der Waals surface area contributed by atoms with E-state index in [4.69, 9.17) is 10.5 Å². The largest absolute Gasteiger partial charge is 0.398 e. The maximum Gasteiger partial charge on any atom is 0.319 e. The normalized spacial score (nSPS) is 19.0. The lowest BCUT2D eigenvalue weighted by molar-refractivity contribution is 0.189. The SMILES string of the molecule is Nc1ccc(NC(=O)NC2CCOC2)cc1Br. The molecule has 0 radical (unpaired) electrons. The first kappa shape index (κ1) is 12.2. The number of ether oxygens (including phenoxy) is 1. The van der Waals surface area contributed by atoms with E-state index in [9.17, 15) is 4.79 Å². The van der Waals surface area contributed by atoms with Crippen molar-refractivity contribution in [2.75, 3.05) is 24.3 Å². The van der Waals surface area contributed by atoms with Gasteiger partial charge in [0, 0.05) is 22.5 Å². The Hall–Kier alpha value is -1.27. The molecule has 5 nitrogen and oxygen atoms in total. The van der Waals surface area contributed by atoms with Crippen LogP contribution >= 0.6 is 15.9 Å². The van der Waals surface area contributed by atoms with Gasteiger partial charge in [-0.05, 0) is 40.5 Å². The molecule has 6 heteroatoms. The summed E-state index contributed by atoms with van der Waals surface area (Å²) < 4.78 is 5.94. The highest BCUT2D eigenvalue weighted by Crippen LogP contribution is 2.23. The topological polar surface area (TPSA) is 76.4 Å². The number of benzene rings is 1. The van der Waals surface area contributed by atoms with Gasteiger partial charge in [0.15, 0.2) is 0 Å². The predicted octanol–water partition coefficient (Wildman–Crippen LogP) is 1.94. The van der Waals surface area contributed by atoms with Crippen LogP contribution < -0.4 is 16.4 Å². The number of nitrogens with one attached hydrogen (secondary N) is 2. The Morgan fingerprint density at radius 3 is 3.00 bits per heavy atom. The highest BCUT2D eigenvalue weighted by Gasteiger charge is 2.17. The molecule has 2 amide bonds. The summed E-state index contributed by atoms with van der Waals surface area (Å²) in [4.78, 5) is 11.6. The van der Waals surface area contributed by atoms with Crippen LogP contribution in [0.15, 0.2) is 22.7 Å². The van der Waals surface area contributed by atoms with E-state index in [-0.39, 0.29) is 12.1 Å². The fourth-order valence-electron chi connectivity index (χ4n) is 1.61. The Morgan fingerprint density at radius 1 is 1.53 bits per heavy atom. The quantitative estimate of drug-likeness (QED) is 0.731. The molecule has 17 heavy (non-hydrogen) atoms. The summed E-state index contributed by atoms with van der Waals surface area (Å²) in [5, 5.41) is 5.59. The summed E-state index contributed by atoms with van der Waals surface area (Å²) in [5.74, 6) is 0. The van der Waals surface area contributed by atoms with E-state index in [1.54, 1.807) is 18.2 Å². The first-order valence-electron chi connectivity index (χ1n) is 5.35. The fourth-order valence-corrected chi connectivity index (χ4v) is 1.98. The summed E-state index contributed by atoms with van der Waals surface area (Å²) in [6, 6.07) is 5.13. The van der Waals surface area contributed by atoms with E-state index < -0.39 is 0 Å². The zero-order valence-electron chi connectivity index (χ0n) is 9.20. The van der Waals surface area contributed by atoms with Crippen LogP contribution in [0, 0.1) is 0 Å². The lowest BCUT2D eigenvalue weighted by Crippen LogP contribution is -2.38. The van der Waals surface area contributed by atoms with Crippen LogP contribution in [0.5, 0.6) is 0 Å². The molecule has 1 heterocycles. The molecule has 1 aromatic rings. The number of hydrogen-bond acceptors (Lipinski definition) is 3. The van der Waals surface area contributed by atoms with Gasteiger partial charge in [-0.1, -0.05) is 0 Å². The summed E-state index contributed by atoms with van der Waals surface area (Å²) in [6.45, 7) is 1.29. The van der Waals surface area contributed by atoms with Crippen molar-refractivity contribution in [3.63, 3.8) is 0 Å². The second-order valence-corrected chi connectivity index (χ2v) is 4.75. The molecule has 2 rings (SSSR count). The first-order chi connectivity index (χ1) is 8.15. The van der Waals surface area contributed by atoms with E-state index in [0.29, 0.717) is 24.6 Å². The maximum atomic E-state index is 11.6. The van der Waals surface area contributed by atoms with Crippen LogP contribution in [-0.2, 0) is 4.74 Å². The number of nitrogen functional groups attached to an aromatic ring is 1. The highest BCUT2D eigenvalue weighted by molar-refractivity contribution is 9.10. The fraction of sp³-hybridized carbons (Fsp3) is 0.364. The molecule has 0 aliphatic carbocycles. The van der Waals surface area contributed by atoms with Crippen molar-refractivity contribution < 1.29 is 9.53 Å². The molecule has 1 unspecified atom stereocenters. The number of anilines is 2. The third-order valence-electron chi connectivity index (χ3n) is 2.52. The minimum atomic E-state index is -0.225. The molecule has 0 saturated carbocycles. The third-order valence-corrected chi connectivity index (χ3v) is 3.21. The monoisotopic (exact) mass is 299 g/mol. The minimum Gasteiger partial charge on any atom is -0.398 e. The van der Waals surface area contributed by atoms with Crippen LogP contribution in [0.2, 0.25) is 0 Å². The summed E-state index contributed by atoms with van der Waals surface area (Å²) in [6.07, 6.45) is 0.860. The molecule has 4 N–H and O–H groups in total. The van der Waals surface area contributed by atoms with Crippen LogP contribution in [0.1, 0.15) is 6.42 Å². The minimum absolute atomic E-state index is 0.104. The zero-order valence-corrected chi connectivity index (χ0v) is 10.8.